The third-order valence-electron chi connectivity index (χ3n) is 7.11. The fraction of sp³-hybridized carbons (Fsp3) is 0.296. The van der Waals surface area contributed by atoms with Gasteiger partial charge in [-0.25, -0.2) is 4.79 Å². The number of piperazine rings is 1. The van der Waals surface area contributed by atoms with Gasteiger partial charge in [0.2, 0.25) is 0 Å². The van der Waals surface area contributed by atoms with Crippen molar-refractivity contribution in [3.8, 4) is 11.1 Å². The summed E-state index contributed by atoms with van der Waals surface area (Å²) in [5.74, 6) is -0.0829. The Balaban J connectivity index is 0.00000320. The molecule has 1 aliphatic carbocycles. The van der Waals surface area contributed by atoms with E-state index in [2.05, 4.69) is 22.8 Å². The fourth-order valence-electron chi connectivity index (χ4n) is 5.21. The minimum absolute atomic E-state index is 0. The van der Waals surface area contributed by atoms with Crippen molar-refractivity contribution in [1.82, 2.24) is 10.6 Å². The van der Waals surface area contributed by atoms with Crippen LogP contribution in [0, 0.1) is 6.92 Å². The van der Waals surface area contributed by atoms with Crippen molar-refractivity contribution in [2.24, 2.45) is 0 Å². The number of nitrogens with zero attached hydrogens (tertiary/aromatic N) is 1. The normalized spacial score (nSPS) is 15.0. The van der Waals surface area contributed by atoms with Gasteiger partial charge in [-0.1, -0.05) is 60.7 Å². The van der Waals surface area contributed by atoms with E-state index >= 15 is 0 Å². The van der Waals surface area contributed by atoms with Gasteiger partial charge in [0.15, 0.2) is 0 Å². The number of carbonyl (C=O) groups excluding carboxylic acids is 1. The van der Waals surface area contributed by atoms with Crippen LogP contribution >= 0.6 is 0 Å². The molecule has 3 aromatic carbocycles. The van der Waals surface area contributed by atoms with Gasteiger partial charge in [0.1, 0.15) is 6.61 Å². The number of rotatable bonds is 6. The van der Waals surface area contributed by atoms with E-state index in [1.807, 2.05) is 41.3 Å². The van der Waals surface area contributed by atoms with Gasteiger partial charge in [-0.15, -0.1) is 5.46 Å². The molecule has 0 saturated carbocycles. The fourth-order valence-corrected chi connectivity index (χ4v) is 5.21. The van der Waals surface area contributed by atoms with Crippen LogP contribution in [0.3, 0.4) is 0 Å². The molecule has 0 unspecified atom stereocenters. The average Bonchev–Trinajstić information content (AvgIpc) is 3.20. The van der Waals surface area contributed by atoms with Crippen LogP contribution in [-0.4, -0.2) is 45.9 Å². The molecule has 2 aliphatic rings. The number of benzene rings is 3. The number of hydrogen-bond acceptors (Lipinski definition) is 4. The summed E-state index contributed by atoms with van der Waals surface area (Å²) in [5, 5.41) is 5.89. The van der Waals surface area contributed by atoms with E-state index in [0.29, 0.717) is 37.4 Å². The number of halogens is 3. The van der Waals surface area contributed by atoms with Gasteiger partial charge in [-0.3, -0.25) is 0 Å². The van der Waals surface area contributed by atoms with Gasteiger partial charge in [0, 0.05) is 44.3 Å². The van der Waals surface area contributed by atoms with Crippen LogP contribution in [0.1, 0.15) is 28.2 Å². The Kier molecular flexibility index (Phi) is 9.09. The number of anilines is 1. The molecule has 1 fully saturated rings. The van der Waals surface area contributed by atoms with Crippen molar-refractivity contribution in [3.63, 3.8) is 0 Å². The summed E-state index contributed by atoms with van der Waals surface area (Å²) in [5.41, 5.74) is 5.55. The quantitative estimate of drug-likeness (QED) is 0.472. The molecule has 1 aliphatic heterocycles. The average molecular weight is 533 g/mol. The molecule has 37 heavy (non-hydrogen) atoms. The zero-order chi connectivity index (χ0) is 25.3. The summed E-state index contributed by atoms with van der Waals surface area (Å²) >= 11 is 0. The standard InChI is InChI=1S/C27H28BF3N3O2.K/c1-18-19(14-20(28(29,30)31)15-26(18)34-12-10-32-11-13-34)16-33-27(35)36-17-25-23-8-4-2-6-21(23)22-7-3-5-9-24(22)25;/h2-9,14-15,25,32H,10-13,16-17H2,1H3,(H,33,35);/q-1;+1. The first kappa shape index (κ1) is 28.2. The summed E-state index contributed by atoms with van der Waals surface area (Å²) in [6.07, 6.45) is -0.650. The summed E-state index contributed by atoms with van der Waals surface area (Å²) in [4.78, 5) is 14.6. The molecule has 2 N–H and O–H groups in total. The Morgan fingerprint density at radius 1 is 1.03 bits per heavy atom. The van der Waals surface area contributed by atoms with E-state index in [0.717, 1.165) is 33.9 Å². The van der Waals surface area contributed by atoms with E-state index < -0.39 is 18.5 Å². The summed E-state index contributed by atoms with van der Waals surface area (Å²) in [7, 11) is 0. The van der Waals surface area contributed by atoms with Gasteiger partial charge in [-0.2, -0.15) is 0 Å². The summed E-state index contributed by atoms with van der Waals surface area (Å²) in [6.45, 7) is -0.560. The number of amides is 1. The second kappa shape index (κ2) is 11.9. The van der Waals surface area contributed by atoms with Gasteiger partial charge in [-0.05, 0) is 40.3 Å². The molecular weight excluding hydrogens is 505 g/mol. The minimum Gasteiger partial charge on any atom is -0.449 e. The molecule has 1 amide bonds. The predicted molar refractivity (Wildman–Crippen MR) is 137 cm³/mol. The van der Waals surface area contributed by atoms with E-state index in [9.17, 15) is 17.7 Å². The first-order chi connectivity index (χ1) is 17.3. The number of fused-ring (bicyclic) bond motifs is 3. The number of carbonyl (C=O) groups is 1. The molecule has 188 valence electrons. The molecule has 0 radical (unpaired) electrons. The molecule has 3 aromatic rings. The van der Waals surface area contributed by atoms with Crippen molar-refractivity contribution in [2.45, 2.75) is 19.4 Å². The first-order valence-corrected chi connectivity index (χ1v) is 12.2. The van der Waals surface area contributed by atoms with Crippen molar-refractivity contribution in [1.29, 1.82) is 0 Å². The minimum atomic E-state index is -5.17. The summed E-state index contributed by atoms with van der Waals surface area (Å²) in [6, 6.07) is 18.5. The van der Waals surface area contributed by atoms with Crippen molar-refractivity contribution >= 4 is 24.2 Å². The SMILES string of the molecule is Cc1c(CNC(=O)OCC2c3ccccc3-c3ccccc32)cc([B-](F)(F)F)cc1N1CCNCC1.[K+]. The maximum atomic E-state index is 13.7. The Morgan fingerprint density at radius 3 is 2.22 bits per heavy atom. The van der Waals surface area contributed by atoms with E-state index in [1.165, 1.54) is 6.07 Å². The second-order valence-electron chi connectivity index (χ2n) is 9.32. The molecule has 1 heterocycles. The molecule has 5 rings (SSSR count). The Morgan fingerprint density at radius 2 is 1.62 bits per heavy atom. The van der Waals surface area contributed by atoms with Crippen molar-refractivity contribution < 1.29 is 73.9 Å². The van der Waals surface area contributed by atoms with Crippen LogP contribution in [-0.2, 0) is 11.3 Å². The van der Waals surface area contributed by atoms with E-state index in [-0.39, 0.29) is 70.5 Å². The van der Waals surface area contributed by atoms with Gasteiger partial charge < -0.3 is 33.2 Å². The van der Waals surface area contributed by atoms with Gasteiger partial charge in [0.05, 0.1) is 0 Å². The molecule has 10 heteroatoms. The topological polar surface area (TPSA) is 53.6 Å². The zero-order valence-electron chi connectivity index (χ0n) is 21.1. The van der Waals surface area contributed by atoms with Crippen LogP contribution in [0.5, 0.6) is 0 Å². The number of nitrogens with one attached hydrogen (secondary N) is 2. The Labute approximate surface area is 257 Å². The first-order valence-electron chi connectivity index (χ1n) is 12.2. The van der Waals surface area contributed by atoms with Crippen LogP contribution in [0.25, 0.3) is 11.1 Å². The Bertz CT molecular complexity index is 1240. The molecule has 5 nitrogen and oxygen atoms in total. The van der Waals surface area contributed by atoms with Crippen LogP contribution in [0.2, 0.25) is 0 Å². The Hall–Kier alpha value is -1.82. The third-order valence-corrected chi connectivity index (χ3v) is 7.11. The van der Waals surface area contributed by atoms with Crippen LogP contribution in [0.15, 0.2) is 60.7 Å². The van der Waals surface area contributed by atoms with Gasteiger partial charge >= 0.3 is 64.5 Å². The predicted octanol–water partition coefficient (Wildman–Crippen LogP) is 1.50. The van der Waals surface area contributed by atoms with Crippen LogP contribution < -0.4 is 72.4 Å². The van der Waals surface area contributed by atoms with E-state index in [4.69, 9.17) is 4.74 Å². The molecule has 0 bridgehead atoms. The number of hydrogen-bond donors (Lipinski definition) is 2. The smallest absolute Gasteiger partial charge is 0.449 e. The number of ether oxygens (including phenoxy) is 1. The number of alkyl carbamates (subject to hydrolysis) is 1. The second-order valence-corrected chi connectivity index (χ2v) is 9.32. The molecule has 0 atom stereocenters. The molecule has 0 spiro atoms. The molecule has 1 saturated heterocycles. The van der Waals surface area contributed by atoms with Crippen molar-refractivity contribution in [3.05, 3.63) is 82.9 Å². The summed E-state index contributed by atoms with van der Waals surface area (Å²) < 4.78 is 46.7. The molecular formula is C27H28BF3KN3O2. The van der Waals surface area contributed by atoms with Crippen LogP contribution in [0.4, 0.5) is 23.4 Å². The van der Waals surface area contributed by atoms with Gasteiger partial charge in [0.25, 0.3) is 0 Å². The van der Waals surface area contributed by atoms with E-state index in [1.54, 1.807) is 6.92 Å². The van der Waals surface area contributed by atoms with Crippen molar-refractivity contribution in [2.75, 3.05) is 37.7 Å². The maximum absolute atomic E-state index is 13.7. The molecule has 0 aromatic heterocycles. The monoisotopic (exact) mass is 533 g/mol. The zero-order valence-corrected chi connectivity index (χ0v) is 24.2. The largest absolute Gasteiger partial charge is 1.00 e. The maximum Gasteiger partial charge on any atom is 1.00 e. The third kappa shape index (κ3) is 6.10.